The molecule has 0 unspecified atom stereocenters. The molecule has 0 saturated carbocycles. The minimum absolute atomic E-state index is 0.121. The van der Waals surface area contributed by atoms with Crippen LogP contribution in [0, 0.1) is 0 Å². The Balaban J connectivity index is 1.41. The van der Waals surface area contributed by atoms with Gasteiger partial charge in [-0.1, -0.05) is 103 Å². The zero-order valence-corrected chi connectivity index (χ0v) is 27.9. The maximum absolute atomic E-state index is 6.36. The van der Waals surface area contributed by atoms with E-state index in [1.807, 2.05) is 78.9 Å². The molecule has 6 heteroatoms. The summed E-state index contributed by atoms with van der Waals surface area (Å²) in [7, 11) is 3.78. The Morgan fingerprint density at radius 1 is 0.750 bits per heavy atom. The minimum Gasteiger partial charge on any atom is -0.493 e. The average Bonchev–Trinajstić information content (AvgIpc) is 3.16. The molecule has 1 saturated heterocycles. The van der Waals surface area contributed by atoms with Crippen LogP contribution in [0.5, 0.6) is 17.2 Å². The average molecular weight is 642 g/mol. The number of hydrogen-bond acceptors (Lipinski definition) is 6. The molecule has 0 radical (unpaired) electrons. The number of hydrogen-bond donors (Lipinski definition) is 0. The first kappa shape index (κ1) is 32.9. The van der Waals surface area contributed by atoms with E-state index in [-0.39, 0.29) is 6.04 Å². The van der Waals surface area contributed by atoms with Crippen molar-refractivity contribution in [3.63, 3.8) is 0 Å². The molecule has 5 aromatic carbocycles. The lowest BCUT2D eigenvalue weighted by molar-refractivity contribution is -0.183. The van der Waals surface area contributed by atoms with Gasteiger partial charge in [-0.3, -0.25) is 0 Å². The molecule has 6 rings (SSSR count). The Bertz CT molecular complexity index is 1750. The van der Waals surface area contributed by atoms with Crippen LogP contribution in [0.4, 0.5) is 0 Å². The van der Waals surface area contributed by atoms with E-state index in [4.69, 9.17) is 23.7 Å². The predicted molar refractivity (Wildman–Crippen MR) is 190 cm³/mol. The van der Waals surface area contributed by atoms with E-state index in [0.717, 1.165) is 45.6 Å². The number of nitrogens with zero attached hydrogens (tertiary/aromatic N) is 1. The van der Waals surface area contributed by atoms with Crippen molar-refractivity contribution in [3.8, 4) is 17.2 Å². The van der Waals surface area contributed by atoms with Gasteiger partial charge in [0.2, 0.25) is 0 Å². The Morgan fingerprint density at radius 3 is 1.94 bits per heavy atom. The van der Waals surface area contributed by atoms with Gasteiger partial charge in [0.05, 0.1) is 26.4 Å². The molecule has 6 nitrogen and oxygen atoms in total. The van der Waals surface area contributed by atoms with Crippen LogP contribution in [0.15, 0.2) is 134 Å². The lowest BCUT2D eigenvalue weighted by Crippen LogP contribution is -2.20. The van der Waals surface area contributed by atoms with E-state index >= 15 is 0 Å². The van der Waals surface area contributed by atoms with Crippen molar-refractivity contribution in [1.82, 2.24) is 4.90 Å². The van der Waals surface area contributed by atoms with Gasteiger partial charge in [-0.25, -0.2) is 0 Å². The summed E-state index contributed by atoms with van der Waals surface area (Å²) in [6.07, 6.45) is 2.50. The van der Waals surface area contributed by atoms with Gasteiger partial charge >= 0.3 is 0 Å². The van der Waals surface area contributed by atoms with Crippen LogP contribution in [-0.2, 0) is 22.7 Å². The third-order valence-corrected chi connectivity index (χ3v) is 8.58. The van der Waals surface area contributed by atoms with Crippen LogP contribution < -0.4 is 14.2 Å². The number of ether oxygens (including phenoxy) is 5. The second kappa shape index (κ2) is 16.2. The Hall–Kier alpha value is -5.04. The van der Waals surface area contributed by atoms with Gasteiger partial charge in [0, 0.05) is 24.4 Å². The molecule has 48 heavy (non-hydrogen) atoms. The van der Waals surface area contributed by atoms with E-state index in [2.05, 4.69) is 73.6 Å². The molecule has 0 spiro atoms. The van der Waals surface area contributed by atoms with Gasteiger partial charge in [0.25, 0.3) is 0 Å². The Kier molecular flexibility index (Phi) is 11.1. The molecule has 0 aromatic heterocycles. The number of rotatable bonds is 13. The monoisotopic (exact) mass is 641 g/mol. The number of benzene rings is 5. The number of methoxy groups -OCH3 is 1. The van der Waals surface area contributed by atoms with Gasteiger partial charge < -0.3 is 28.6 Å². The highest BCUT2D eigenvalue weighted by Crippen LogP contribution is 2.41. The first-order chi connectivity index (χ1) is 23.6. The van der Waals surface area contributed by atoms with Crippen LogP contribution in [0.1, 0.15) is 59.1 Å². The topological polar surface area (TPSA) is 49.4 Å². The summed E-state index contributed by atoms with van der Waals surface area (Å²) in [6.45, 7) is 4.36. The summed E-state index contributed by atoms with van der Waals surface area (Å²) in [5.41, 5.74) is 7.26. The van der Waals surface area contributed by atoms with Crippen molar-refractivity contribution >= 4 is 5.57 Å². The maximum Gasteiger partial charge on any atom is 0.184 e. The van der Waals surface area contributed by atoms with Crippen LogP contribution in [0.3, 0.4) is 0 Å². The van der Waals surface area contributed by atoms with Gasteiger partial charge in [0.1, 0.15) is 19.0 Å². The van der Waals surface area contributed by atoms with Crippen molar-refractivity contribution in [3.05, 3.63) is 167 Å². The third-order valence-electron chi connectivity index (χ3n) is 8.58. The Labute approximate surface area is 284 Å². The normalized spacial score (nSPS) is 14.3. The molecule has 0 amide bonds. The highest BCUT2D eigenvalue weighted by molar-refractivity contribution is 5.83. The van der Waals surface area contributed by atoms with Crippen molar-refractivity contribution < 1.29 is 23.7 Å². The van der Waals surface area contributed by atoms with Crippen LogP contribution in [-0.4, -0.2) is 32.3 Å². The van der Waals surface area contributed by atoms with Gasteiger partial charge in [-0.15, -0.1) is 0 Å². The van der Waals surface area contributed by atoms with Crippen LogP contribution in [0.25, 0.3) is 5.57 Å². The summed E-state index contributed by atoms with van der Waals surface area (Å²) in [6, 6.07) is 43.2. The molecule has 1 atom stereocenters. The first-order valence-corrected chi connectivity index (χ1v) is 16.5. The van der Waals surface area contributed by atoms with E-state index in [9.17, 15) is 0 Å². The molecular weight excluding hydrogens is 598 g/mol. The summed E-state index contributed by atoms with van der Waals surface area (Å²) in [5, 5.41) is 0. The second-order valence-corrected chi connectivity index (χ2v) is 11.9. The molecule has 0 aliphatic carbocycles. The predicted octanol–water partition coefficient (Wildman–Crippen LogP) is 9.37. The maximum atomic E-state index is 6.36. The van der Waals surface area contributed by atoms with E-state index < -0.39 is 6.29 Å². The molecule has 0 N–H and O–H groups in total. The van der Waals surface area contributed by atoms with Gasteiger partial charge in [-0.2, -0.15) is 0 Å². The Morgan fingerprint density at radius 2 is 1.33 bits per heavy atom. The van der Waals surface area contributed by atoms with E-state index in [0.29, 0.717) is 37.9 Å². The fraction of sp³-hybridized carbons (Fsp3) is 0.238. The van der Waals surface area contributed by atoms with Gasteiger partial charge in [0.15, 0.2) is 17.8 Å². The van der Waals surface area contributed by atoms with Crippen molar-refractivity contribution in [1.29, 1.82) is 0 Å². The molecule has 1 heterocycles. The smallest absolute Gasteiger partial charge is 0.184 e. The molecule has 1 aliphatic rings. The van der Waals surface area contributed by atoms with Crippen molar-refractivity contribution in [2.24, 2.45) is 0 Å². The zero-order chi connectivity index (χ0) is 33.1. The van der Waals surface area contributed by atoms with E-state index in [1.165, 1.54) is 5.56 Å². The standard InChI is InChI=1S/C42H43NO5/c1-31(34-18-11-6-12-19-34)43(2)28-39(35-20-22-36(23-21-35)47-29-32-14-7-4-8-15-32)37-26-40(44-3)41(48-30-33-16-9-5-10-17-33)27-38(37)42-45-24-13-25-46-42/h4-12,14-23,26-28,31,42H,13,24-25,29-30H2,1-3H3/b39-28+/t31-/m1/s1. The summed E-state index contributed by atoms with van der Waals surface area (Å²) in [4.78, 5) is 2.24. The van der Waals surface area contributed by atoms with Crippen molar-refractivity contribution in [2.75, 3.05) is 27.4 Å². The SMILES string of the molecule is COc1cc(/C(=C/N(C)[C@H](C)c2ccccc2)c2ccc(OCc3ccccc3)cc2)c(C2OCCCO2)cc1OCc1ccccc1. The van der Waals surface area contributed by atoms with Crippen molar-refractivity contribution in [2.45, 2.75) is 38.9 Å². The lowest BCUT2D eigenvalue weighted by atomic mass is 9.92. The molecule has 1 fully saturated rings. The van der Waals surface area contributed by atoms with Crippen LogP contribution >= 0.6 is 0 Å². The molecule has 1 aliphatic heterocycles. The molecular formula is C42H43NO5. The summed E-state index contributed by atoms with van der Waals surface area (Å²) < 4.78 is 30.9. The molecule has 246 valence electrons. The lowest BCUT2D eigenvalue weighted by Gasteiger charge is -2.29. The summed E-state index contributed by atoms with van der Waals surface area (Å²) >= 11 is 0. The highest BCUT2D eigenvalue weighted by atomic mass is 16.7. The molecule has 0 bridgehead atoms. The largest absolute Gasteiger partial charge is 0.493 e. The summed E-state index contributed by atoms with van der Waals surface area (Å²) in [5.74, 6) is 2.07. The van der Waals surface area contributed by atoms with E-state index in [1.54, 1.807) is 7.11 Å². The highest BCUT2D eigenvalue weighted by Gasteiger charge is 2.26. The fourth-order valence-corrected chi connectivity index (χ4v) is 5.73. The fourth-order valence-electron chi connectivity index (χ4n) is 5.73. The van der Waals surface area contributed by atoms with Gasteiger partial charge in [-0.05, 0) is 65.4 Å². The minimum atomic E-state index is -0.549. The third kappa shape index (κ3) is 8.26. The molecule has 5 aromatic rings. The first-order valence-electron chi connectivity index (χ1n) is 16.5. The quantitative estimate of drug-likeness (QED) is 0.128. The second-order valence-electron chi connectivity index (χ2n) is 11.9. The zero-order valence-electron chi connectivity index (χ0n) is 27.9. The van der Waals surface area contributed by atoms with Crippen LogP contribution in [0.2, 0.25) is 0 Å².